The van der Waals surface area contributed by atoms with Crippen LogP contribution in [-0.2, 0) is 4.79 Å². The summed E-state index contributed by atoms with van der Waals surface area (Å²) in [6.45, 7) is 4.39. The summed E-state index contributed by atoms with van der Waals surface area (Å²) in [5.41, 5.74) is 5.44. The predicted molar refractivity (Wildman–Crippen MR) is 109 cm³/mol. The van der Waals surface area contributed by atoms with Crippen molar-refractivity contribution in [3.05, 3.63) is 77.6 Å². The maximum absolute atomic E-state index is 13.3. The maximum Gasteiger partial charge on any atom is 0.162 e. The summed E-state index contributed by atoms with van der Waals surface area (Å²) in [5, 5.41) is 6.07. The fourth-order valence-corrected chi connectivity index (χ4v) is 4.63. The number of fused-ring (bicyclic) bond motifs is 4. The standard InChI is InChI=1S/C24H22N2O/c1-24(2)12-18-21-17-8-4-3-6-15(17)9-10-19(21)26-23(22(18)20(27)13-24)16-7-5-11-25-14-16/h3-11,14,23,26H,12-13H2,1-2H3/t23-/m1/s1. The summed E-state index contributed by atoms with van der Waals surface area (Å²) < 4.78 is 0. The number of nitrogens with zero attached hydrogens (tertiary/aromatic N) is 1. The van der Waals surface area contributed by atoms with Gasteiger partial charge in [0.2, 0.25) is 0 Å². The second kappa shape index (κ2) is 5.78. The van der Waals surface area contributed by atoms with E-state index in [-0.39, 0.29) is 17.2 Å². The van der Waals surface area contributed by atoms with Crippen LogP contribution in [-0.4, -0.2) is 10.8 Å². The number of allylic oxidation sites excluding steroid dienone is 1. The largest absolute Gasteiger partial charge is 0.373 e. The number of anilines is 1. The second-order valence-corrected chi connectivity index (χ2v) is 8.41. The van der Waals surface area contributed by atoms with Crippen molar-refractivity contribution in [2.45, 2.75) is 32.7 Å². The lowest BCUT2D eigenvalue weighted by atomic mass is 9.68. The van der Waals surface area contributed by atoms with Crippen molar-refractivity contribution >= 4 is 27.8 Å². The summed E-state index contributed by atoms with van der Waals surface area (Å²) in [4.78, 5) is 17.5. The Kier molecular flexibility index (Phi) is 3.48. The summed E-state index contributed by atoms with van der Waals surface area (Å²) in [7, 11) is 0. The van der Waals surface area contributed by atoms with Crippen LogP contribution in [0.15, 0.2) is 66.5 Å². The van der Waals surface area contributed by atoms with Crippen molar-refractivity contribution < 1.29 is 4.79 Å². The average Bonchev–Trinajstić information content (AvgIpc) is 2.66. The molecule has 1 aliphatic carbocycles. The Labute approximate surface area is 159 Å². The van der Waals surface area contributed by atoms with Crippen LogP contribution in [0.3, 0.4) is 0 Å². The zero-order valence-electron chi connectivity index (χ0n) is 15.6. The Bertz CT molecular complexity index is 1100. The predicted octanol–water partition coefficient (Wildman–Crippen LogP) is 5.54. The fraction of sp³-hybridized carbons (Fsp3) is 0.250. The number of hydrogen-bond acceptors (Lipinski definition) is 3. The van der Waals surface area contributed by atoms with E-state index in [1.807, 2.05) is 18.3 Å². The molecule has 0 spiro atoms. The first kappa shape index (κ1) is 16.2. The van der Waals surface area contributed by atoms with Crippen molar-refractivity contribution in [2.75, 3.05) is 5.32 Å². The first-order valence-corrected chi connectivity index (χ1v) is 9.48. The number of benzene rings is 2. The zero-order chi connectivity index (χ0) is 18.6. The molecule has 0 saturated heterocycles. The highest BCUT2D eigenvalue weighted by molar-refractivity contribution is 6.12. The molecule has 1 atom stereocenters. The van der Waals surface area contributed by atoms with Gasteiger partial charge in [-0.15, -0.1) is 0 Å². The van der Waals surface area contributed by atoms with Gasteiger partial charge in [-0.05, 0) is 45.9 Å². The lowest BCUT2D eigenvalue weighted by Gasteiger charge is -2.40. The van der Waals surface area contributed by atoms with E-state index in [2.05, 4.69) is 60.5 Å². The summed E-state index contributed by atoms with van der Waals surface area (Å²) in [5.74, 6) is 0.251. The molecule has 3 aromatic rings. The topological polar surface area (TPSA) is 42.0 Å². The van der Waals surface area contributed by atoms with E-state index in [1.165, 1.54) is 21.9 Å². The lowest BCUT2D eigenvalue weighted by Crippen LogP contribution is -2.33. The molecule has 1 N–H and O–H groups in total. The number of ketones is 1. The summed E-state index contributed by atoms with van der Waals surface area (Å²) >= 11 is 0. The summed E-state index contributed by atoms with van der Waals surface area (Å²) in [6, 6.07) is 16.6. The molecule has 2 aromatic carbocycles. The molecule has 0 bridgehead atoms. The molecular formula is C24H22N2O. The molecule has 0 amide bonds. The fourth-order valence-electron chi connectivity index (χ4n) is 4.63. The first-order chi connectivity index (χ1) is 13.0. The Balaban J connectivity index is 1.82. The number of pyridine rings is 1. The lowest BCUT2D eigenvalue weighted by molar-refractivity contribution is -0.118. The number of nitrogens with one attached hydrogen (secondary N) is 1. The first-order valence-electron chi connectivity index (χ1n) is 9.48. The third-order valence-corrected chi connectivity index (χ3v) is 5.76. The van der Waals surface area contributed by atoms with Gasteiger partial charge in [-0.25, -0.2) is 0 Å². The van der Waals surface area contributed by atoms with E-state index in [0.717, 1.165) is 23.2 Å². The molecule has 2 heterocycles. The van der Waals surface area contributed by atoms with E-state index in [9.17, 15) is 4.79 Å². The quantitative estimate of drug-likeness (QED) is 0.623. The molecule has 1 aliphatic heterocycles. The minimum atomic E-state index is -0.133. The van der Waals surface area contributed by atoms with Crippen molar-refractivity contribution in [3.8, 4) is 0 Å². The van der Waals surface area contributed by atoms with Gasteiger partial charge in [-0.2, -0.15) is 0 Å². The molecule has 0 unspecified atom stereocenters. The van der Waals surface area contributed by atoms with Gasteiger partial charge >= 0.3 is 0 Å². The maximum atomic E-state index is 13.3. The van der Waals surface area contributed by atoms with Gasteiger partial charge in [0.1, 0.15) is 0 Å². The Morgan fingerprint density at radius 3 is 2.70 bits per heavy atom. The monoisotopic (exact) mass is 354 g/mol. The van der Waals surface area contributed by atoms with E-state index in [1.54, 1.807) is 6.20 Å². The normalized spacial score (nSPS) is 20.8. The van der Waals surface area contributed by atoms with Gasteiger partial charge in [-0.1, -0.05) is 50.2 Å². The van der Waals surface area contributed by atoms with E-state index < -0.39 is 0 Å². The number of hydrogen-bond donors (Lipinski definition) is 1. The Morgan fingerprint density at radius 2 is 1.89 bits per heavy atom. The van der Waals surface area contributed by atoms with Crippen molar-refractivity contribution in [1.29, 1.82) is 0 Å². The molecule has 0 fully saturated rings. The van der Waals surface area contributed by atoms with Crippen LogP contribution in [0.4, 0.5) is 5.69 Å². The molecule has 5 rings (SSSR count). The van der Waals surface area contributed by atoms with Crippen molar-refractivity contribution in [1.82, 2.24) is 4.98 Å². The van der Waals surface area contributed by atoms with E-state index in [4.69, 9.17) is 0 Å². The number of carbonyl (C=O) groups is 1. The Morgan fingerprint density at radius 1 is 1.04 bits per heavy atom. The Hall–Kier alpha value is -2.94. The van der Waals surface area contributed by atoms with E-state index in [0.29, 0.717) is 6.42 Å². The molecule has 1 aromatic heterocycles. The number of carbonyl (C=O) groups excluding carboxylic acids is 1. The molecule has 134 valence electrons. The number of Topliss-reactive ketones (excluding diaryl/α,β-unsaturated/α-hetero) is 1. The van der Waals surface area contributed by atoms with Gasteiger partial charge in [0.15, 0.2) is 5.78 Å². The summed E-state index contributed by atoms with van der Waals surface area (Å²) in [6.07, 6.45) is 5.13. The van der Waals surface area contributed by atoms with Crippen LogP contribution >= 0.6 is 0 Å². The van der Waals surface area contributed by atoms with Gasteiger partial charge in [0.25, 0.3) is 0 Å². The van der Waals surface area contributed by atoms with Gasteiger partial charge in [-0.3, -0.25) is 9.78 Å². The zero-order valence-corrected chi connectivity index (χ0v) is 15.6. The molecule has 27 heavy (non-hydrogen) atoms. The highest BCUT2D eigenvalue weighted by Gasteiger charge is 2.40. The number of rotatable bonds is 1. The minimum Gasteiger partial charge on any atom is -0.373 e. The van der Waals surface area contributed by atoms with Gasteiger partial charge in [0.05, 0.1) is 6.04 Å². The minimum absolute atomic E-state index is 0.0268. The average molecular weight is 354 g/mol. The molecule has 3 heteroatoms. The van der Waals surface area contributed by atoms with Crippen LogP contribution in [0.5, 0.6) is 0 Å². The molecule has 3 nitrogen and oxygen atoms in total. The van der Waals surface area contributed by atoms with Crippen LogP contribution in [0.2, 0.25) is 0 Å². The molecular weight excluding hydrogens is 332 g/mol. The van der Waals surface area contributed by atoms with Crippen molar-refractivity contribution in [3.63, 3.8) is 0 Å². The second-order valence-electron chi connectivity index (χ2n) is 8.41. The highest BCUT2D eigenvalue weighted by Crippen LogP contribution is 2.51. The molecule has 2 aliphatic rings. The molecule has 0 saturated carbocycles. The highest BCUT2D eigenvalue weighted by atomic mass is 16.1. The van der Waals surface area contributed by atoms with Crippen LogP contribution in [0.25, 0.3) is 16.3 Å². The number of aromatic nitrogens is 1. The third-order valence-electron chi connectivity index (χ3n) is 5.76. The molecule has 0 radical (unpaired) electrons. The third kappa shape index (κ3) is 2.57. The SMILES string of the molecule is CC1(C)CC(=O)C2=C(C1)c1c(ccc3ccccc13)N[C@@H]2c1cccnc1. The van der Waals surface area contributed by atoms with Crippen LogP contribution in [0.1, 0.15) is 43.9 Å². The smallest absolute Gasteiger partial charge is 0.162 e. The van der Waals surface area contributed by atoms with Crippen LogP contribution < -0.4 is 5.32 Å². The van der Waals surface area contributed by atoms with E-state index >= 15 is 0 Å². The van der Waals surface area contributed by atoms with Crippen molar-refractivity contribution in [2.24, 2.45) is 5.41 Å². The van der Waals surface area contributed by atoms with Crippen LogP contribution in [0, 0.1) is 5.41 Å². The van der Waals surface area contributed by atoms with Gasteiger partial charge < -0.3 is 5.32 Å². The van der Waals surface area contributed by atoms with Gasteiger partial charge in [0, 0.05) is 35.6 Å².